The summed E-state index contributed by atoms with van der Waals surface area (Å²) < 4.78 is 24.2. The Kier molecular flexibility index (Phi) is 3.48. The second-order valence-corrected chi connectivity index (χ2v) is 7.35. The first-order valence-electron chi connectivity index (χ1n) is 7.02. The van der Waals surface area contributed by atoms with Gasteiger partial charge in [0, 0.05) is 0 Å². The number of aromatic nitrogens is 3. The Labute approximate surface area is 135 Å². The minimum atomic E-state index is -0.683. The first kappa shape index (κ1) is 14.9. The van der Waals surface area contributed by atoms with Crippen LogP contribution >= 0.6 is 23.3 Å². The molecule has 120 valence electrons. The quantitative estimate of drug-likeness (QED) is 0.849. The van der Waals surface area contributed by atoms with Crippen molar-refractivity contribution >= 4 is 33.6 Å². The van der Waals surface area contributed by atoms with E-state index in [1.807, 2.05) is 24.7 Å². The van der Waals surface area contributed by atoms with E-state index >= 15 is 0 Å². The van der Waals surface area contributed by atoms with Gasteiger partial charge in [-0.15, -0.1) is 0 Å². The number of ether oxygens (including phenoxy) is 3. The number of hydrogen-bond acceptors (Lipinski definition) is 8. The van der Waals surface area contributed by atoms with Gasteiger partial charge < -0.3 is 19.3 Å². The van der Waals surface area contributed by atoms with E-state index in [2.05, 4.69) is 9.36 Å². The van der Waals surface area contributed by atoms with Crippen molar-refractivity contribution in [2.75, 3.05) is 12.9 Å². The van der Waals surface area contributed by atoms with E-state index < -0.39 is 11.9 Å². The average Bonchev–Trinajstić information content (AvgIpc) is 3.16. The van der Waals surface area contributed by atoms with E-state index in [1.54, 1.807) is 18.0 Å². The van der Waals surface area contributed by atoms with Crippen molar-refractivity contribution in [1.29, 1.82) is 0 Å². The maximum atomic E-state index is 9.60. The Balaban J connectivity index is 1.79. The van der Waals surface area contributed by atoms with Gasteiger partial charge >= 0.3 is 0 Å². The van der Waals surface area contributed by atoms with Gasteiger partial charge in [0.2, 0.25) is 0 Å². The third-order valence-corrected chi connectivity index (χ3v) is 5.36. The molecule has 2 aliphatic heterocycles. The summed E-state index contributed by atoms with van der Waals surface area (Å²) in [6, 6.07) is 0. The zero-order valence-electron chi connectivity index (χ0n) is 12.4. The fraction of sp³-hybridized carbons (Fsp3) is 0.692. The van der Waals surface area contributed by atoms with E-state index in [1.165, 1.54) is 11.5 Å². The number of nitrogens with zero attached hydrogens (tertiary/aromatic N) is 3. The first-order chi connectivity index (χ1) is 10.5. The van der Waals surface area contributed by atoms with Crippen LogP contribution in [0.3, 0.4) is 0 Å². The molecule has 2 aromatic rings. The van der Waals surface area contributed by atoms with Crippen LogP contribution in [-0.2, 0) is 14.2 Å². The highest BCUT2D eigenvalue weighted by Gasteiger charge is 2.56. The Morgan fingerprint density at radius 1 is 1.41 bits per heavy atom. The summed E-state index contributed by atoms with van der Waals surface area (Å²) in [5.41, 5.74) is 0.847. The van der Waals surface area contributed by atoms with Gasteiger partial charge in [-0.1, -0.05) is 11.8 Å². The Morgan fingerprint density at radius 2 is 2.18 bits per heavy atom. The lowest BCUT2D eigenvalue weighted by atomic mass is 10.1. The third-order valence-electron chi connectivity index (χ3n) is 3.92. The molecule has 2 aromatic heterocycles. The summed E-state index contributed by atoms with van der Waals surface area (Å²) in [4.78, 5) is 5.52. The summed E-state index contributed by atoms with van der Waals surface area (Å²) in [6.45, 7) is 3.65. The van der Waals surface area contributed by atoms with Crippen molar-refractivity contribution in [2.45, 2.75) is 49.3 Å². The van der Waals surface area contributed by atoms with Crippen molar-refractivity contribution in [1.82, 2.24) is 13.9 Å². The molecule has 0 aliphatic carbocycles. The fourth-order valence-corrected chi connectivity index (χ4v) is 4.46. The summed E-state index contributed by atoms with van der Waals surface area (Å²) in [7, 11) is 0. The van der Waals surface area contributed by atoms with Crippen LogP contribution in [0.25, 0.3) is 10.3 Å². The predicted octanol–water partition coefficient (Wildman–Crippen LogP) is 1.62. The van der Waals surface area contributed by atoms with Crippen molar-refractivity contribution in [2.24, 2.45) is 0 Å². The van der Waals surface area contributed by atoms with E-state index in [0.717, 1.165) is 15.5 Å². The average molecular weight is 343 g/mol. The van der Waals surface area contributed by atoms with E-state index in [-0.39, 0.29) is 25.0 Å². The highest BCUT2D eigenvalue weighted by molar-refractivity contribution is 7.98. The van der Waals surface area contributed by atoms with Gasteiger partial charge in [-0.25, -0.2) is 4.98 Å². The van der Waals surface area contributed by atoms with Crippen LogP contribution < -0.4 is 0 Å². The van der Waals surface area contributed by atoms with Gasteiger partial charge in [0.25, 0.3) is 0 Å². The number of aliphatic hydroxyl groups excluding tert-OH is 1. The van der Waals surface area contributed by atoms with Crippen LogP contribution in [0.2, 0.25) is 0 Å². The maximum Gasteiger partial charge on any atom is 0.171 e. The van der Waals surface area contributed by atoms with Gasteiger partial charge in [0.1, 0.15) is 28.7 Å². The van der Waals surface area contributed by atoms with E-state index in [9.17, 15) is 5.11 Å². The van der Waals surface area contributed by atoms with Gasteiger partial charge in [-0.3, -0.25) is 4.57 Å². The molecule has 9 heteroatoms. The molecule has 4 heterocycles. The number of rotatable bonds is 3. The van der Waals surface area contributed by atoms with Gasteiger partial charge in [-0.05, 0) is 31.6 Å². The summed E-state index contributed by atoms with van der Waals surface area (Å²) in [6.07, 6.45) is 2.38. The molecule has 0 saturated carbocycles. The standard InChI is InChI=1S/C13H17N3O4S2/c1-13(2)19-8-7(5-17)18-10(9(8)20-13)16-11-6(4-14-22-11)15-12(16)21-3/h4,7-10,17H,5H2,1-3H3/t7-,8-,9-,10-/m1/s1. The minimum Gasteiger partial charge on any atom is -0.394 e. The Hall–Kier alpha value is -0.710. The van der Waals surface area contributed by atoms with Crippen molar-refractivity contribution in [3.8, 4) is 0 Å². The number of fused-ring (bicyclic) bond motifs is 2. The molecule has 22 heavy (non-hydrogen) atoms. The number of hydrogen-bond donors (Lipinski definition) is 1. The highest BCUT2D eigenvalue weighted by atomic mass is 32.2. The summed E-state index contributed by atoms with van der Waals surface area (Å²) in [5, 5.41) is 10.4. The Bertz CT molecular complexity index is 701. The van der Waals surface area contributed by atoms with Gasteiger partial charge in [-0.2, -0.15) is 4.37 Å². The van der Waals surface area contributed by atoms with Crippen LogP contribution in [0.15, 0.2) is 11.4 Å². The topological polar surface area (TPSA) is 78.6 Å². The summed E-state index contributed by atoms with van der Waals surface area (Å²) >= 11 is 2.93. The predicted molar refractivity (Wildman–Crippen MR) is 82.0 cm³/mol. The fourth-order valence-electron chi connectivity index (χ4n) is 3.10. The molecule has 2 fully saturated rings. The largest absolute Gasteiger partial charge is 0.394 e. The van der Waals surface area contributed by atoms with Crippen molar-refractivity contribution < 1.29 is 19.3 Å². The molecular weight excluding hydrogens is 326 g/mol. The lowest BCUT2D eigenvalue weighted by Crippen LogP contribution is -2.31. The normalized spacial score (nSPS) is 33.6. The molecular formula is C13H17N3O4S2. The molecule has 4 atom stereocenters. The number of thioether (sulfide) groups is 1. The highest BCUT2D eigenvalue weighted by Crippen LogP contribution is 2.45. The molecule has 2 saturated heterocycles. The molecule has 0 radical (unpaired) electrons. The van der Waals surface area contributed by atoms with Crippen LogP contribution in [0, 0.1) is 0 Å². The Morgan fingerprint density at radius 3 is 2.91 bits per heavy atom. The molecule has 4 rings (SSSR count). The zero-order valence-corrected chi connectivity index (χ0v) is 14.1. The van der Waals surface area contributed by atoms with Crippen LogP contribution in [0.5, 0.6) is 0 Å². The van der Waals surface area contributed by atoms with Crippen molar-refractivity contribution in [3.63, 3.8) is 0 Å². The molecule has 0 spiro atoms. The molecule has 0 bridgehead atoms. The number of imidazole rings is 1. The molecule has 1 N–H and O–H groups in total. The van der Waals surface area contributed by atoms with Crippen molar-refractivity contribution in [3.05, 3.63) is 6.20 Å². The summed E-state index contributed by atoms with van der Waals surface area (Å²) in [5.74, 6) is -0.683. The smallest absolute Gasteiger partial charge is 0.171 e. The lowest BCUT2D eigenvalue weighted by Gasteiger charge is -2.24. The van der Waals surface area contributed by atoms with Crippen LogP contribution in [0.1, 0.15) is 20.1 Å². The molecule has 2 aliphatic rings. The van der Waals surface area contributed by atoms with E-state index in [0.29, 0.717) is 0 Å². The second kappa shape index (κ2) is 5.15. The van der Waals surface area contributed by atoms with Crippen LogP contribution in [-0.4, -0.2) is 56.0 Å². The minimum absolute atomic E-state index is 0.105. The lowest BCUT2D eigenvalue weighted by molar-refractivity contribution is -0.200. The second-order valence-electron chi connectivity index (χ2n) is 5.80. The van der Waals surface area contributed by atoms with Crippen LogP contribution in [0.4, 0.5) is 0 Å². The SMILES string of the molecule is CSc1nc2cnsc2n1[C@@H]1O[C@H](CO)[C@H]2OC(C)(C)O[C@H]21. The number of aliphatic hydroxyl groups is 1. The third kappa shape index (κ3) is 2.11. The van der Waals surface area contributed by atoms with Gasteiger partial charge in [0.05, 0.1) is 12.8 Å². The van der Waals surface area contributed by atoms with Gasteiger partial charge in [0.15, 0.2) is 17.2 Å². The monoisotopic (exact) mass is 343 g/mol. The molecule has 0 unspecified atom stereocenters. The molecule has 0 amide bonds. The van der Waals surface area contributed by atoms with E-state index in [4.69, 9.17) is 14.2 Å². The first-order valence-corrected chi connectivity index (χ1v) is 9.02. The zero-order chi connectivity index (χ0) is 15.5. The molecule has 7 nitrogen and oxygen atoms in total. The molecule has 0 aromatic carbocycles. The maximum absolute atomic E-state index is 9.60.